The number of para-hydroxylation sites is 1. The fourth-order valence-corrected chi connectivity index (χ4v) is 2.40. The van der Waals surface area contributed by atoms with Gasteiger partial charge in [-0.15, -0.1) is 24.0 Å². The Morgan fingerprint density at radius 1 is 1.15 bits per heavy atom. The molecule has 1 aromatic heterocycles. The van der Waals surface area contributed by atoms with Crippen molar-refractivity contribution in [1.29, 1.82) is 0 Å². The van der Waals surface area contributed by atoms with Crippen LogP contribution in [0.5, 0.6) is 5.75 Å². The van der Waals surface area contributed by atoms with Crippen LogP contribution in [0.3, 0.4) is 0 Å². The maximum atomic E-state index is 5.68. The van der Waals surface area contributed by atoms with Crippen molar-refractivity contribution in [3.05, 3.63) is 59.9 Å². The van der Waals surface area contributed by atoms with Crippen molar-refractivity contribution in [3.63, 3.8) is 0 Å². The molecule has 0 saturated heterocycles. The smallest absolute Gasteiger partial charge is 0.191 e. The number of guanidine groups is 1. The van der Waals surface area contributed by atoms with Gasteiger partial charge in [-0.05, 0) is 49.6 Å². The van der Waals surface area contributed by atoms with Gasteiger partial charge in [0, 0.05) is 38.4 Å². The standard InChI is InChI=1S/C20H28N4O.HI/c1-3-22-20(24-14-11-18-10-13-21-16-17(18)2)23-12-7-15-25-19-8-5-4-6-9-19;/h4-6,8-10,13,16H,3,7,11-12,14-15H2,1-2H3,(H2,22,23,24);1H. The summed E-state index contributed by atoms with van der Waals surface area (Å²) in [7, 11) is 0. The third-order valence-corrected chi connectivity index (χ3v) is 3.75. The van der Waals surface area contributed by atoms with Crippen LogP contribution < -0.4 is 15.4 Å². The molecular formula is C20H29IN4O. The topological polar surface area (TPSA) is 58.5 Å². The number of pyridine rings is 1. The minimum atomic E-state index is 0. The summed E-state index contributed by atoms with van der Waals surface area (Å²) in [6.45, 7) is 7.26. The molecule has 0 amide bonds. The number of aromatic nitrogens is 1. The molecule has 0 saturated carbocycles. The number of aryl methyl sites for hydroxylation is 1. The zero-order valence-corrected chi connectivity index (χ0v) is 17.9. The first kappa shape index (κ1) is 22.2. The van der Waals surface area contributed by atoms with Crippen LogP contribution in [0.25, 0.3) is 0 Å². The van der Waals surface area contributed by atoms with E-state index in [0.29, 0.717) is 6.61 Å². The first-order valence-corrected chi connectivity index (χ1v) is 8.89. The molecule has 0 aliphatic heterocycles. The molecule has 2 aromatic rings. The zero-order valence-electron chi connectivity index (χ0n) is 15.6. The first-order valence-electron chi connectivity index (χ1n) is 8.89. The van der Waals surface area contributed by atoms with Gasteiger partial charge in [0.1, 0.15) is 5.75 Å². The van der Waals surface area contributed by atoms with Crippen LogP contribution >= 0.6 is 24.0 Å². The summed E-state index contributed by atoms with van der Waals surface area (Å²) < 4.78 is 5.68. The van der Waals surface area contributed by atoms with Gasteiger partial charge >= 0.3 is 0 Å². The second-order valence-corrected chi connectivity index (χ2v) is 5.75. The number of nitrogens with one attached hydrogen (secondary N) is 2. The van der Waals surface area contributed by atoms with E-state index in [-0.39, 0.29) is 24.0 Å². The SMILES string of the molecule is CCNC(=NCCCOc1ccccc1)NCCc1ccncc1C.I. The minimum Gasteiger partial charge on any atom is -0.494 e. The van der Waals surface area contributed by atoms with Gasteiger partial charge in [-0.25, -0.2) is 0 Å². The summed E-state index contributed by atoms with van der Waals surface area (Å²) >= 11 is 0. The van der Waals surface area contributed by atoms with Gasteiger partial charge in [-0.1, -0.05) is 18.2 Å². The minimum absolute atomic E-state index is 0. The third kappa shape index (κ3) is 8.51. The maximum Gasteiger partial charge on any atom is 0.191 e. The molecule has 0 bridgehead atoms. The highest BCUT2D eigenvalue weighted by molar-refractivity contribution is 14.0. The van der Waals surface area contributed by atoms with Gasteiger partial charge in [-0.3, -0.25) is 9.98 Å². The second-order valence-electron chi connectivity index (χ2n) is 5.75. The normalized spacial score (nSPS) is 10.8. The summed E-state index contributed by atoms with van der Waals surface area (Å²) in [6, 6.07) is 11.9. The monoisotopic (exact) mass is 468 g/mol. The van der Waals surface area contributed by atoms with E-state index < -0.39 is 0 Å². The molecule has 0 spiro atoms. The molecule has 6 heteroatoms. The Kier molecular flexibility index (Phi) is 11.4. The highest BCUT2D eigenvalue weighted by Crippen LogP contribution is 2.08. The molecule has 142 valence electrons. The van der Waals surface area contributed by atoms with Crippen LogP contribution in [-0.4, -0.2) is 37.2 Å². The zero-order chi connectivity index (χ0) is 17.7. The molecule has 0 aliphatic rings. The number of nitrogens with zero attached hydrogens (tertiary/aromatic N) is 2. The Balaban J connectivity index is 0.00000338. The first-order chi connectivity index (χ1) is 12.3. The highest BCUT2D eigenvalue weighted by Gasteiger charge is 2.00. The van der Waals surface area contributed by atoms with E-state index >= 15 is 0 Å². The number of aliphatic imine (C=N–C) groups is 1. The van der Waals surface area contributed by atoms with Gasteiger partial charge in [0.15, 0.2) is 5.96 Å². The van der Waals surface area contributed by atoms with Crippen molar-refractivity contribution < 1.29 is 4.74 Å². The van der Waals surface area contributed by atoms with Crippen LogP contribution in [0, 0.1) is 6.92 Å². The number of benzene rings is 1. The molecule has 5 nitrogen and oxygen atoms in total. The number of hydrogen-bond acceptors (Lipinski definition) is 3. The van der Waals surface area contributed by atoms with E-state index in [9.17, 15) is 0 Å². The lowest BCUT2D eigenvalue weighted by atomic mass is 10.1. The Morgan fingerprint density at radius 3 is 2.69 bits per heavy atom. The Morgan fingerprint density at radius 2 is 1.96 bits per heavy atom. The maximum absolute atomic E-state index is 5.68. The van der Waals surface area contributed by atoms with Crippen molar-refractivity contribution in [2.75, 3.05) is 26.2 Å². The molecule has 2 rings (SSSR count). The quantitative estimate of drug-likeness (QED) is 0.256. The lowest BCUT2D eigenvalue weighted by Crippen LogP contribution is -2.38. The van der Waals surface area contributed by atoms with Gasteiger partial charge in [0.05, 0.1) is 6.61 Å². The number of hydrogen-bond donors (Lipinski definition) is 2. The molecule has 1 heterocycles. The molecule has 0 radical (unpaired) electrons. The highest BCUT2D eigenvalue weighted by atomic mass is 127. The van der Waals surface area contributed by atoms with Crippen molar-refractivity contribution in [2.24, 2.45) is 4.99 Å². The number of halogens is 1. The largest absolute Gasteiger partial charge is 0.494 e. The van der Waals surface area contributed by atoms with Crippen molar-refractivity contribution >= 4 is 29.9 Å². The van der Waals surface area contributed by atoms with Gasteiger partial charge in [-0.2, -0.15) is 0 Å². The number of ether oxygens (including phenoxy) is 1. The molecule has 26 heavy (non-hydrogen) atoms. The molecule has 1 aromatic carbocycles. The van der Waals surface area contributed by atoms with Gasteiger partial charge in [0.2, 0.25) is 0 Å². The average Bonchev–Trinajstić information content (AvgIpc) is 2.64. The van der Waals surface area contributed by atoms with E-state index in [1.54, 1.807) is 0 Å². The Labute approximate surface area is 173 Å². The third-order valence-electron chi connectivity index (χ3n) is 3.75. The predicted octanol–water partition coefficient (Wildman–Crippen LogP) is 3.57. The second kappa shape index (κ2) is 13.4. The molecular weight excluding hydrogens is 439 g/mol. The van der Waals surface area contributed by atoms with Crippen LogP contribution in [0.2, 0.25) is 0 Å². The fraction of sp³-hybridized carbons (Fsp3) is 0.400. The van der Waals surface area contributed by atoms with Crippen molar-refractivity contribution in [1.82, 2.24) is 15.6 Å². The lowest BCUT2D eigenvalue weighted by molar-refractivity contribution is 0.313. The van der Waals surface area contributed by atoms with Crippen LogP contribution in [0.4, 0.5) is 0 Å². The fourth-order valence-electron chi connectivity index (χ4n) is 2.40. The summed E-state index contributed by atoms with van der Waals surface area (Å²) in [6.07, 6.45) is 5.58. The van der Waals surface area contributed by atoms with Crippen molar-refractivity contribution in [2.45, 2.75) is 26.7 Å². The Hall–Kier alpha value is -1.83. The molecule has 0 unspecified atom stereocenters. The predicted molar refractivity (Wildman–Crippen MR) is 119 cm³/mol. The summed E-state index contributed by atoms with van der Waals surface area (Å²) in [5, 5.41) is 6.66. The van der Waals surface area contributed by atoms with E-state index in [1.807, 2.05) is 42.7 Å². The molecule has 2 N–H and O–H groups in total. The van der Waals surface area contributed by atoms with Crippen LogP contribution in [0.1, 0.15) is 24.5 Å². The van der Waals surface area contributed by atoms with Crippen molar-refractivity contribution in [3.8, 4) is 5.75 Å². The molecule has 0 fully saturated rings. The van der Waals surface area contributed by atoms with Gasteiger partial charge in [0.25, 0.3) is 0 Å². The molecule has 0 atom stereocenters. The lowest BCUT2D eigenvalue weighted by Gasteiger charge is -2.12. The van der Waals surface area contributed by atoms with E-state index in [4.69, 9.17) is 4.74 Å². The number of rotatable bonds is 9. The van der Waals surface area contributed by atoms with E-state index in [0.717, 1.165) is 44.2 Å². The van der Waals surface area contributed by atoms with E-state index in [2.05, 4.69) is 40.5 Å². The van der Waals surface area contributed by atoms with Gasteiger partial charge < -0.3 is 15.4 Å². The summed E-state index contributed by atoms with van der Waals surface area (Å²) in [4.78, 5) is 8.73. The van der Waals surface area contributed by atoms with Crippen LogP contribution in [-0.2, 0) is 6.42 Å². The van der Waals surface area contributed by atoms with Crippen LogP contribution in [0.15, 0.2) is 53.8 Å². The summed E-state index contributed by atoms with van der Waals surface area (Å²) in [5.41, 5.74) is 2.54. The van der Waals surface area contributed by atoms with E-state index in [1.165, 1.54) is 11.1 Å². The molecule has 0 aliphatic carbocycles. The average molecular weight is 468 g/mol. The summed E-state index contributed by atoms with van der Waals surface area (Å²) in [5.74, 6) is 1.76. The Bertz CT molecular complexity index is 649.